The van der Waals surface area contributed by atoms with Crippen LogP contribution in [0, 0.1) is 5.41 Å². The second-order valence-corrected chi connectivity index (χ2v) is 11.0. The van der Waals surface area contributed by atoms with Crippen LogP contribution >= 0.6 is 0 Å². The van der Waals surface area contributed by atoms with E-state index < -0.39 is 17.7 Å². The number of ether oxygens (including phenoxy) is 2. The lowest BCUT2D eigenvalue weighted by Gasteiger charge is -2.19. The molecule has 1 amide bonds. The van der Waals surface area contributed by atoms with Crippen LogP contribution in [-0.4, -0.2) is 46.3 Å². The van der Waals surface area contributed by atoms with Gasteiger partial charge in [0.2, 0.25) is 5.91 Å². The predicted molar refractivity (Wildman–Crippen MR) is 135 cm³/mol. The molecule has 2 aromatic heterocycles. The Balaban J connectivity index is 0.000000283. The number of rotatable bonds is 4. The van der Waals surface area contributed by atoms with E-state index in [1.54, 1.807) is 26.8 Å². The van der Waals surface area contributed by atoms with Crippen LogP contribution in [0.3, 0.4) is 0 Å². The van der Waals surface area contributed by atoms with Crippen LogP contribution in [-0.2, 0) is 20.8 Å². The molecule has 1 aliphatic rings. The molecule has 2 heterocycles. The van der Waals surface area contributed by atoms with Gasteiger partial charge in [0.25, 0.3) is 0 Å². The molecule has 1 saturated carbocycles. The van der Waals surface area contributed by atoms with Gasteiger partial charge in [-0.1, -0.05) is 33.6 Å². The van der Waals surface area contributed by atoms with Gasteiger partial charge in [-0.3, -0.25) is 4.79 Å². The van der Waals surface area contributed by atoms with Crippen LogP contribution in [0.2, 0.25) is 0 Å². The summed E-state index contributed by atoms with van der Waals surface area (Å²) in [5.41, 5.74) is 6.41. The van der Waals surface area contributed by atoms with Crippen LogP contribution in [0.4, 0.5) is 4.79 Å². The molecule has 0 spiro atoms. The molecule has 9 heteroatoms. The fourth-order valence-corrected chi connectivity index (χ4v) is 3.94. The summed E-state index contributed by atoms with van der Waals surface area (Å²) in [5.74, 6) is -0.339. The third-order valence-electron chi connectivity index (χ3n) is 5.40. The average Bonchev–Trinajstić information content (AvgIpc) is 3.38. The molecule has 3 rings (SSSR count). The van der Waals surface area contributed by atoms with Gasteiger partial charge in [0.15, 0.2) is 5.65 Å². The van der Waals surface area contributed by atoms with E-state index in [1.165, 1.54) is 49.8 Å². The first kappa shape index (κ1) is 28.3. The number of carbonyl (C=O) groups excluding carboxylic acids is 3. The largest absolute Gasteiger partial charge is 0.465 e. The van der Waals surface area contributed by atoms with Crippen molar-refractivity contribution < 1.29 is 23.9 Å². The zero-order valence-electron chi connectivity index (χ0n) is 22.1. The molecule has 0 atom stereocenters. The number of nitrogens with zero attached hydrogens (tertiary/aromatic N) is 2. The van der Waals surface area contributed by atoms with Gasteiger partial charge in [0, 0.05) is 36.8 Å². The smallest absolute Gasteiger partial charge is 0.420 e. The van der Waals surface area contributed by atoms with Gasteiger partial charge in [0.05, 0.1) is 12.7 Å². The highest BCUT2D eigenvalue weighted by atomic mass is 16.6. The lowest BCUT2D eigenvalue weighted by Crippen LogP contribution is -2.34. The molecule has 2 aromatic rings. The Morgan fingerprint density at radius 3 is 2.29 bits per heavy atom. The van der Waals surface area contributed by atoms with Crippen molar-refractivity contribution in [1.82, 2.24) is 14.9 Å². The number of amides is 1. The Hall–Kier alpha value is -2.94. The third-order valence-corrected chi connectivity index (χ3v) is 5.40. The van der Waals surface area contributed by atoms with Crippen molar-refractivity contribution in [2.24, 2.45) is 11.1 Å². The van der Waals surface area contributed by atoms with Gasteiger partial charge in [-0.2, -0.15) is 0 Å². The minimum atomic E-state index is -0.662. The van der Waals surface area contributed by atoms with Crippen molar-refractivity contribution >= 4 is 29.0 Å². The fourth-order valence-electron chi connectivity index (χ4n) is 3.94. The maximum Gasteiger partial charge on any atom is 0.420 e. The first-order valence-corrected chi connectivity index (χ1v) is 12.1. The molecule has 0 aromatic carbocycles. The Kier molecular flexibility index (Phi) is 9.43. The van der Waals surface area contributed by atoms with Crippen molar-refractivity contribution in [3.8, 4) is 0 Å². The van der Waals surface area contributed by atoms with Crippen LogP contribution < -0.4 is 11.1 Å². The van der Waals surface area contributed by atoms with E-state index in [1.807, 2.05) is 0 Å². The summed E-state index contributed by atoms with van der Waals surface area (Å²) in [6, 6.07) is 2.17. The van der Waals surface area contributed by atoms with Crippen LogP contribution in [0.1, 0.15) is 89.6 Å². The minimum Gasteiger partial charge on any atom is -0.465 e. The molecular weight excluding hydrogens is 448 g/mol. The van der Waals surface area contributed by atoms with E-state index in [9.17, 15) is 14.4 Å². The van der Waals surface area contributed by atoms with Gasteiger partial charge in [0.1, 0.15) is 5.60 Å². The molecule has 1 fully saturated rings. The van der Waals surface area contributed by atoms with Gasteiger partial charge in [-0.15, -0.1) is 0 Å². The summed E-state index contributed by atoms with van der Waals surface area (Å²) in [7, 11) is 1.28. The lowest BCUT2D eigenvalue weighted by molar-refractivity contribution is -0.123. The molecule has 194 valence electrons. The lowest BCUT2D eigenvalue weighted by atomic mass is 9.92. The predicted octanol–water partition coefficient (Wildman–Crippen LogP) is 4.55. The second kappa shape index (κ2) is 11.7. The van der Waals surface area contributed by atoms with E-state index in [4.69, 9.17) is 15.2 Å². The number of nitrogens with two attached hydrogens (primary N) is 1. The summed E-state index contributed by atoms with van der Waals surface area (Å²) in [6.07, 6.45) is 7.84. The SMILES string of the molecule is CC(C)(C)CC(=O)NC1CCCC1.COC(=O)c1cn(C(=O)OC(C)(C)C)c2nccc(CN)c12. The summed E-state index contributed by atoms with van der Waals surface area (Å²) in [4.78, 5) is 40.0. The maximum absolute atomic E-state index is 12.3. The van der Waals surface area contributed by atoms with Gasteiger partial charge in [-0.05, 0) is 50.7 Å². The Morgan fingerprint density at radius 2 is 1.77 bits per heavy atom. The Bertz CT molecular complexity index is 1040. The monoisotopic (exact) mass is 488 g/mol. The number of carbonyl (C=O) groups is 3. The number of aromatic nitrogens is 2. The molecule has 9 nitrogen and oxygen atoms in total. The number of pyridine rings is 1. The number of fused-ring (bicyclic) bond motifs is 1. The summed E-state index contributed by atoms with van der Waals surface area (Å²) < 4.78 is 11.3. The number of methoxy groups -OCH3 is 1. The number of esters is 1. The Labute approximate surface area is 207 Å². The van der Waals surface area contributed by atoms with Crippen molar-refractivity contribution in [2.75, 3.05) is 7.11 Å². The normalized spacial score (nSPS) is 14.3. The molecule has 0 bridgehead atoms. The molecule has 0 aliphatic heterocycles. The van der Waals surface area contributed by atoms with Gasteiger partial charge < -0.3 is 20.5 Å². The Morgan fingerprint density at radius 1 is 1.14 bits per heavy atom. The zero-order chi connectivity index (χ0) is 26.4. The van der Waals surface area contributed by atoms with Gasteiger partial charge >= 0.3 is 12.1 Å². The van der Waals surface area contributed by atoms with Crippen molar-refractivity contribution in [2.45, 2.75) is 91.8 Å². The molecule has 0 saturated heterocycles. The number of hydrogen-bond acceptors (Lipinski definition) is 7. The molecule has 0 radical (unpaired) electrons. The van der Waals surface area contributed by atoms with Crippen LogP contribution in [0.25, 0.3) is 11.0 Å². The molecule has 1 aliphatic carbocycles. The fraction of sp³-hybridized carbons (Fsp3) is 0.615. The minimum absolute atomic E-state index is 0.114. The van der Waals surface area contributed by atoms with Crippen LogP contribution in [0.5, 0.6) is 0 Å². The molecule has 0 unspecified atom stereocenters. The van der Waals surface area contributed by atoms with Crippen molar-refractivity contribution in [1.29, 1.82) is 0 Å². The summed E-state index contributed by atoms with van der Waals surface area (Å²) in [6.45, 7) is 11.8. The van der Waals surface area contributed by atoms with E-state index in [0.29, 0.717) is 29.1 Å². The van der Waals surface area contributed by atoms with Gasteiger partial charge in [-0.25, -0.2) is 19.1 Å². The van der Waals surface area contributed by atoms with Crippen molar-refractivity contribution in [3.05, 3.63) is 29.6 Å². The highest BCUT2D eigenvalue weighted by Crippen LogP contribution is 2.25. The zero-order valence-corrected chi connectivity index (χ0v) is 22.1. The number of nitrogens with one attached hydrogen (secondary N) is 1. The summed E-state index contributed by atoms with van der Waals surface area (Å²) in [5, 5.41) is 3.60. The molecule has 35 heavy (non-hydrogen) atoms. The maximum atomic E-state index is 12.3. The third kappa shape index (κ3) is 8.35. The highest BCUT2D eigenvalue weighted by molar-refractivity contribution is 6.06. The summed E-state index contributed by atoms with van der Waals surface area (Å²) >= 11 is 0. The van der Waals surface area contributed by atoms with E-state index in [-0.39, 0.29) is 23.4 Å². The van der Waals surface area contributed by atoms with Crippen LogP contribution in [0.15, 0.2) is 18.5 Å². The first-order chi connectivity index (χ1) is 16.3. The average molecular weight is 489 g/mol. The molecule has 3 N–H and O–H groups in total. The standard InChI is InChI=1S/C15H19N3O4.C11H21NO/c1-15(2,3)22-14(20)18-8-10(13(19)21-4)11-9(7-16)5-6-17-12(11)18;1-11(2,3)8-10(13)12-9-6-4-5-7-9/h5-6,8H,7,16H2,1-4H3;9H,4-8H2,1-3H3,(H,12,13). The van der Waals surface area contributed by atoms with E-state index >= 15 is 0 Å². The second-order valence-electron chi connectivity index (χ2n) is 11.0. The van der Waals surface area contributed by atoms with Crippen molar-refractivity contribution in [3.63, 3.8) is 0 Å². The quantitative estimate of drug-likeness (QED) is 0.605. The number of hydrogen-bond donors (Lipinski definition) is 2. The topological polar surface area (TPSA) is 126 Å². The molecular formula is C26H40N4O5. The highest BCUT2D eigenvalue weighted by Gasteiger charge is 2.25. The van der Waals surface area contributed by atoms with E-state index in [0.717, 1.165) is 0 Å². The first-order valence-electron chi connectivity index (χ1n) is 12.1. The van der Waals surface area contributed by atoms with E-state index in [2.05, 4.69) is 31.1 Å².